The minimum atomic E-state index is -0.574. The zero-order chi connectivity index (χ0) is 26.3. The number of fused-ring (bicyclic) bond motifs is 1. The van der Waals surface area contributed by atoms with E-state index < -0.39 is 17.6 Å². The van der Waals surface area contributed by atoms with E-state index >= 15 is 0 Å². The number of furan rings is 1. The maximum atomic E-state index is 14.1. The number of carbonyl (C=O) groups is 2. The number of rotatable bonds is 5. The smallest absolute Gasteiger partial charge is 0.295 e. The summed E-state index contributed by atoms with van der Waals surface area (Å²) < 4.78 is 22.7. The van der Waals surface area contributed by atoms with Crippen LogP contribution in [0.4, 0.5) is 15.8 Å². The lowest BCUT2D eigenvalue weighted by atomic mass is 10.1. The average Bonchev–Trinajstić information content (AvgIpc) is 3.34. The Bertz CT molecular complexity index is 1730. The number of benzene rings is 3. The van der Waals surface area contributed by atoms with E-state index in [0.29, 0.717) is 28.0 Å². The summed E-state index contributed by atoms with van der Waals surface area (Å²) >= 11 is 0. The molecule has 0 aliphatic carbocycles. The normalized spacial score (nSPS) is 11.0. The van der Waals surface area contributed by atoms with Crippen molar-refractivity contribution in [2.75, 3.05) is 10.6 Å². The number of nitrogens with zero attached hydrogens (tertiary/aromatic N) is 2. The topological polar surface area (TPSA) is 98.3 Å². The van der Waals surface area contributed by atoms with Gasteiger partial charge in [0.15, 0.2) is 17.2 Å². The first-order valence-corrected chi connectivity index (χ1v) is 11.5. The number of amides is 2. The number of anilines is 2. The highest BCUT2D eigenvalue weighted by molar-refractivity contribution is 6.08. The van der Waals surface area contributed by atoms with Gasteiger partial charge in [-0.15, -0.1) is 0 Å². The Labute approximate surface area is 210 Å². The Kier molecular flexibility index (Phi) is 5.96. The zero-order valence-electron chi connectivity index (χ0n) is 20.3. The van der Waals surface area contributed by atoms with Crippen molar-refractivity contribution in [1.82, 2.24) is 9.36 Å². The number of aryl methyl sites for hydroxylation is 1. The Morgan fingerprint density at radius 2 is 1.62 bits per heavy atom. The van der Waals surface area contributed by atoms with Gasteiger partial charge in [-0.25, -0.2) is 9.07 Å². The van der Waals surface area contributed by atoms with Gasteiger partial charge < -0.3 is 15.1 Å². The van der Waals surface area contributed by atoms with Gasteiger partial charge >= 0.3 is 0 Å². The van der Waals surface area contributed by atoms with Crippen LogP contribution in [0.3, 0.4) is 0 Å². The Hall–Kier alpha value is -4.92. The molecule has 8 nitrogen and oxygen atoms in total. The van der Waals surface area contributed by atoms with Crippen LogP contribution in [-0.2, 0) is 7.05 Å². The molecule has 0 fully saturated rings. The molecule has 0 saturated heterocycles. The zero-order valence-corrected chi connectivity index (χ0v) is 20.3. The lowest BCUT2D eigenvalue weighted by Crippen LogP contribution is -2.23. The molecule has 2 heterocycles. The van der Waals surface area contributed by atoms with Crippen LogP contribution in [0.5, 0.6) is 0 Å². The maximum Gasteiger partial charge on any atom is 0.295 e. The summed E-state index contributed by atoms with van der Waals surface area (Å²) in [5.74, 6) is -1.66. The van der Waals surface area contributed by atoms with E-state index in [2.05, 4.69) is 10.6 Å². The largest absolute Gasteiger partial charge is 0.448 e. The number of nitrogens with one attached hydrogen (secondary N) is 2. The predicted octanol–water partition coefficient (Wildman–Crippen LogP) is 5.18. The molecule has 0 atom stereocenters. The highest BCUT2D eigenvalue weighted by Crippen LogP contribution is 2.28. The van der Waals surface area contributed by atoms with Crippen molar-refractivity contribution in [1.29, 1.82) is 0 Å². The van der Waals surface area contributed by atoms with Crippen LogP contribution in [0.2, 0.25) is 0 Å². The van der Waals surface area contributed by atoms with Crippen molar-refractivity contribution in [3.8, 4) is 5.69 Å². The van der Waals surface area contributed by atoms with E-state index in [4.69, 9.17) is 4.42 Å². The van der Waals surface area contributed by atoms with Gasteiger partial charge in [0.05, 0.1) is 11.4 Å². The van der Waals surface area contributed by atoms with Crippen LogP contribution in [0.25, 0.3) is 16.7 Å². The molecule has 2 amide bonds. The molecule has 0 aliphatic rings. The molecule has 0 saturated carbocycles. The third kappa shape index (κ3) is 4.20. The van der Waals surface area contributed by atoms with Gasteiger partial charge in [-0.2, -0.15) is 0 Å². The fourth-order valence-corrected chi connectivity index (χ4v) is 4.25. The molecule has 5 aromatic rings. The average molecular weight is 499 g/mol. The molecule has 0 bridgehead atoms. The predicted molar refractivity (Wildman–Crippen MR) is 139 cm³/mol. The van der Waals surface area contributed by atoms with Crippen LogP contribution in [0.1, 0.15) is 32.2 Å². The SMILES string of the molecule is Cc1c(C(=O)Nc2cccc(C(=O)Nc3c(C)n(C)n(-c4ccccc4)c3=O)c2)oc2c(F)cccc12. The van der Waals surface area contributed by atoms with Gasteiger partial charge in [0.25, 0.3) is 17.4 Å². The molecule has 0 aliphatic heterocycles. The Balaban J connectivity index is 1.39. The summed E-state index contributed by atoms with van der Waals surface area (Å²) in [4.78, 5) is 39.0. The summed E-state index contributed by atoms with van der Waals surface area (Å²) in [6.07, 6.45) is 0. The van der Waals surface area contributed by atoms with E-state index in [0.717, 1.165) is 0 Å². The van der Waals surface area contributed by atoms with Crippen molar-refractivity contribution >= 4 is 34.2 Å². The number of carbonyl (C=O) groups excluding carboxylic acids is 2. The summed E-state index contributed by atoms with van der Waals surface area (Å²) in [5, 5.41) is 5.91. The highest BCUT2D eigenvalue weighted by atomic mass is 19.1. The number of hydrogen-bond donors (Lipinski definition) is 2. The first-order chi connectivity index (χ1) is 17.8. The van der Waals surface area contributed by atoms with E-state index in [1.807, 2.05) is 18.2 Å². The molecule has 5 rings (SSSR count). The molecule has 9 heteroatoms. The fourth-order valence-electron chi connectivity index (χ4n) is 4.25. The third-order valence-corrected chi connectivity index (χ3v) is 6.30. The molecule has 2 N–H and O–H groups in total. The lowest BCUT2D eigenvalue weighted by Gasteiger charge is -2.08. The van der Waals surface area contributed by atoms with E-state index in [1.54, 1.807) is 68.0 Å². The summed E-state index contributed by atoms with van der Waals surface area (Å²) in [7, 11) is 1.74. The van der Waals surface area contributed by atoms with Crippen LogP contribution in [-0.4, -0.2) is 21.2 Å². The maximum absolute atomic E-state index is 14.1. The molecule has 3 aromatic carbocycles. The highest BCUT2D eigenvalue weighted by Gasteiger charge is 2.21. The Morgan fingerprint density at radius 1 is 0.892 bits per heavy atom. The van der Waals surface area contributed by atoms with E-state index in [-0.39, 0.29) is 28.2 Å². The first kappa shape index (κ1) is 23.8. The van der Waals surface area contributed by atoms with Crippen molar-refractivity contribution < 1.29 is 18.4 Å². The third-order valence-electron chi connectivity index (χ3n) is 6.30. The quantitative estimate of drug-likeness (QED) is 0.349. The molecular formula is C28H23FN4O4. The second-order valence-electron chi connectivity index (χ2n) is 8.60. The lowest BCUT2D eigenvalue weighted by molar-refractivity contribution is 0.0994. The standard InChI is InChI=1S/C28H23FN4O4/c1-16-21-13-8-14-22(29)25(21)37-24(16)27(35)30-19-10-7-9-18(15-19)26(34)31-23-17(2)32(3)33(28(23)36)20-11-5-4-6-12-20/h4-15H,1-3H3,(H,30,35)(H,31,34). The fraction of sp³-hybridized carbons (Fsp3) is 0.107. The minimum absolute atomic E-state index is 0.0117. The number of hydrogen-bond acceptors (Lipinski definition) is 4. The second-order valence-corrected chi connectivity index (χ2v) is 8.60. The molecule has 0 radical (unpaired) electrons. The van der Waals surface area contributed by atoms with Gasteiger partial charge in [-0.05, 0) is 50.2 Å². The van der Waals surface area contributed by atoms with Gasteiger partial charge in [-0.3, -0.25) is 19.1 Å². The van der Waals surface area contributed by atoms with Gasteiger partial charge in [0.2, 0.25) is 0 Å². The van der Waals surface area contributed by atoms with E-state index in [9.17, 15) is 18.8 Å². The molecular weight excluding hydrogens is 475 g/mol. The monoisotopic (exact) mass is 498 g/mol. The number of aromatic nitrogens is 2. The number of para-hydroxylation sites is 2. The molecule has 0 spiro atoms. The van der Waals surface area contributed by atoms with Gasteiger partial charge in [-0.1, -0.05) is 36.4 Å². The van der Waals surface area contributed by atoms with Crippen LogP contribution < -0.4 is 16.2 Å². The molecule has 2 aromatic heterocycles. The van der Waals surface area contributed by atoms with E-state index in [1.165, 1.54) is 16.8 Å². The molecule has 0 unspecified atom stereocenters. The number of halogens is 1. The van der Waals surface area contributed by atoms with Crippen LogP contribution in [0, 0.1) is 19.7 Å². The van der Waals surface area contributed by atoms with Crippen molar-refractivity contribution in [3.63, 3.8) is 0 Å². The van der Waals surface area contributed by atoms with Gasteiger partial charge in [0, 0.05) is 29.2 Å². The Morgan fingerprint density at radius 3 is 2.35 bits per heavy atom. The summed E-state index contributed by atoms with van der Waals surface area (Å²) in [6, 6.07) is 19.9. The van der Waals surface area contributed by atoms with Crippen LogP contribution >= 0.6 is 0 Å². The van der Waals surface area contributed by atoms with Gasteiger partial charge in [0.1, 0.15) is 5.69 Å². The second kappa shape index (κ2) is 9.27. The minimum Gasteiger partial charge on any atom is -0.448 e. The molecule has 186 valence electrons. The summed E-state index contributed by atoms with van der Waals surface area (Å²) in [5.41, 5.74) is 2.14. The summed E-state index contributed by atoms with van der Waals surface area (Å²) in [6.45, 7) is 3.42. The first-order valence-electron chi connectivity index (χ1n) is 11.5. The van der Waals surface area contributed by atoms with Crippen molar-refractivity contribution in [2.45, 2.75) is 13.8 Å². The molecule has 37 heavy (non-hydrogen) atoms. The van der Waals surface area contributed by atoms with Crippen molar-refractivity contribution in [2.24, 2.45) is 7.05 Å². The van der Waals surface area contributed by atoms with Crippen LogP contribution in [0.15, 0.2) is 82.0 Å². The van der Waals surface area contributed by atoms with Crippen molar-refractivity contribution in [3.05, 3.63) is 112 Å².